The average molecular weight is 325 g/mol. The van der Waals surface area contributed by atoms with E-state index in [4.69, 9.17) is 9.26 Å². The van der Waals surface area contributed by atoms with Gasteiger partial charge in [-0.25, -0.2) is 0 Å². The molecule has 0 spiro atoms. The van der Waals surface area contributed by atoms with Crippen molar-refractivity contribution in [1.82, 2.24) is 10.1 Å². The van der Waals surface area contributed by atoms with Gasteiger partial charge in [0.1, 0.15) is 12.0 Å². The Labute approximate surface area is 119 Å². The van der Waals surface area contributed by atoms with Crippen molar-refractivity contribution in [3.63, 3.8) is 0 Å². The Morgan fingerprint density at radius 1 is 1.47 bits per heavy atom. The van der Waals surface area contributed by atoms with Gasteiger partial charge in [0.05, 0.1) is 4.47 Å². The van der Waals surface area contributed by atoms with Crippen LogP contribution in [0.1, 0.15) is 41.8 Å². The molecule has 5 nitrogen and oxygen atoms in total. The smallest absolute Gasteiger partial charge is 0.229 e. The molecule has 100 valence electrons. The molecule has 0 aliphatic rings. The number of aldehydes is 1. The third kappa shape index (κ3) is 3.41. The molecule has 0 saturated carbocycles. The van der Waals surface area contributed by atoms with Crippen molar-refractivity contribution in [2.75, 3.05) is 0 Å². The van der Waals surface area contributed by atoms with Gasteiger partial charge in [-0.05, 0) is 34.1 Å². The Morgan fingerprint density at radius 2 is 2.26 bits per heavy atom. The maximum atomic E-state index is 10.6. The van der Waals surface area contributed by atoms with E-state index in [9.17, 15) is 4.79 Å². The van der Waals surface area contributed by atoms with E-state index in [0.29, 0.717) is 27.5 Å². The lowest BCUT2D eigenvalue weighted by Gasteiger charge is -2.05. The van der Waals surface area contributed by atoms with E-state index in [1.165, 1.54) is 0 Å². The number of carbonyl (C=O) groups excluding carboxylic acids is 1. The van der Waals surface area contributed by atoms with Crippen LogP contribution in [0.15, 0.2) is 27.2 Å². The fourth-order valence-electron chi connectivity index (χ4n) is 1.41. The van der Waals surface area contributed by atoms with Gasteiger partial charge in [0, 0.05) is 11.5 Å². The predicted molar refractivity (Wildman–Crippen MR) is 72.2 cm³/mol. The van der Waals surface area contributed by atoms with E-state index >= 15 is 0 Å². The molecule has 0 aliphatic carbocycles. The quantitative estimate of drug-likeness (QED) is 0.789. The first-order valence-corrected chi connectivity index (χ1v) is 6.59. The zero-order chi connectivity index (χ0) is 13.8. The summed E-state index contributed by atoms with van der Waals surface area (Å²) < 4.78 is 11.4. The minimum Gasteiger partial charge on any atom is -0.484 e. The number of ether oxygens (including phenoxy) is 1. The second-order valence-corrected chi connectivity index (χ2v) is 5.15. The topological polar surface area (TPSA) is 65.2 Å². The lowest BCUT2D eigenvalue weighted by Crippen LogP contribution is -1.99. The fraction of sp³-hybridized carbons (Fsp3) is 0.308. The summed E-state index contributed by atoms with van der Waals surface area (Å²) in [5.74, 6) is 1.91. The molecular formula is C13H13BrN2O3. The van der Waals surface area contributed by atoms with E-state index < -0.39 is 0 Å². The Hall–Kier alpha value is -1.69. The van der Waals surface area contributed by atoms with Crippen molar-refractivity contribution in [2.24, 2.45) is 0 Å². The summed E-state index contributed by atoms with van der Waals surface area (Å²) in [6, 6.07) is 5.10. The summed E-state index contributed by atoms with van der Waals surface area (Å²) in [7, 11) is 0. The molecule has 1 aromatic carbocycles. The molecule has 0 aliphatic heterocycles. The molecule has 1 aromatic heterocycles. The molecule has 0 atom stereocenters. The molecule has 0 N–H and O–H groups in total. The zero-order valence-electron chi connectivity index (χ0n) is 10.6. The highest BCUT2D eigenvalue weighted by atomic mass is 79.9. The Morgan fingerprint density at radius 3 is 2.84 bits per heavy atom. The van der Waals surface area contributed by atoms with E-state index in [1.54, 1.807) is 18.2 Å². The van der Waals surface area contributed by atoms with Crippen molar-refractivity contribution in [3.8, 4) is 5.75 Å². The maximum absolute atomic E-state index is 10.6. The number of benzene rings is 1. The van der Waals surface area contributed by atoms with Gasteiger partial charge < -0.3 is 9.26 Å². The van der Waals surface area contributed by atoms with E-state index in [1.807, 2.05) is 13.8 Å². The predicted octanol–water partition coefficient (Wildman–Crippen LogP) is 3.35. The fourth-order valence-corrected chi connectivity index (χ4v) is 1.92. The van der Waals surface area contributed by atoms with E-state index in [0.717, 1.165) is 6.29 Å². The van der Waals surface area contributed by atoms with Crippen LogP contribution in [0, 0.1) is 0 Å². The van der Waals surface area contributed by atoms with Crippen molar-refractivity contribution >= 4 is 22.2 Å². The molecule has 0 amide bonds. The van der Waals surface area contributed by atoms with Crippen molar-refractivity contribution in [3.05, 3.63) is 40.0 Å². The summed E-state index contributed by atoms with van der Waals surface area (Å²) >= 11 is 3.34. The molecule has 0 bridgehead atoms. The maximum Gasteiger partial charge on any atom is 0.229 e. The minimum absolute atomic E-state index is 0.194. The van der Waals surface area contributed by atoms with Crippen molar-refractivity contribution < 1.29 is 14.1 Å². The second kappa shape index (κ2) is 5.97. The first-order valence-electron chi connectivity index (χ1n) is 5.80. The molecule has 1 heterocycles. The molecule has 0 fully saturated rings. The van der Waals surface area contributed by atoms with Crippen LogP contribution in [0.4, 0.5) is 0 Å². The largest absolute Gasteiger partial charge is 0.484 e. The summed E-state index contributed by atoms with van der Waals surface area (Å²) in [5.41, 5.74) is 0.584. The normalized spacial score (nSPS) is 10.7. The molecule has 19 heavy (non-hydrogen) atoms. The molecule has 2 aromatic rings. The Kier molecular flexibility index (Phi) is 4.31. The highest BCUT2D eigenvalue weighted by Crippen LogP contribution is 2.26. The van der Waals surface area contributed by atoms with E-state index in [2.05, 4.69) is 26.1 Å². The van der Waals surface area contributed by atoms with Crippen LogP contribution in [0.2, 0.25) is 0 Å². The number of halogens is 1. The van der Waals surface area contributed by atoms with Gasteiger partial charge in [-0.1, -0.05) is 19.0 Å². The zero-order valence-corrected chi connectivity index (χ0v) is 12.2. The minimum atomic E-state index is 0.194. The molecule has 0 saturated heterocycles. The van der Waals surface area contributed by atoms with Gasteiger partial charge in [0.25, 0.3) is 0 Å². The number of aromatic nitrogens is 2. The van der Waals surface area contributed by atoms with Crippen LogP contribution in [0.3, 0.4) is 0 Å². The standard InChI is InChI=1S/C13H13BrN2O3/c1-8(2)13-15-12(16-19-13)7-18-11-4-3-9(6-17)5-10(11)14/h3-6,8H,7H2,1-2H3. The number of rotatable bonds is 5. The van der Waals surface area contributed by atoms with Crippen LogP contribution >= 0.6 is 15.9 Å². The number of hydrogen-bond donors (Lipinski definition) is 0. The Balaban J connectivity index is 2.03. The van der Waals surface area contributed by atoms with Gasteiger partial charge in [-0.3, -0.25) is 4.79 Å². The van der Waals surface area contributed by atoms with Crippen LogP contribution in [-0.4, -0.2) is 16.4 Å². The number of nitrogens with zero attached hydrogens (tertiary/aromatic N) is 2. The van der Waals surface area contributed by atoms with Gasteiger partial charge in [0.15, 0.2) is 6.61 Å². The molecule has 0 radical (unpaired) electrons. The highest BCUT2D eigenvalue weighted by molar-refractivity contribution is 9.10. The van der Waals surface area contributed by atoms with E-state index in [-0.39, 0.29) is 12.5 Å². The first kappa shape index (κ1) is 13.7. The summed E-state index contributed by atoms with van der Waals surface area (Å²) in [5, 5.41) is 3.83. The molecule has 0 unspecified atom stereocenters. The Bertz CT molecular complexity index is 581. The number of hydrogen-bond acceptors (Lipinski definition) is 5. The number of carbonyl (C=O) groups is 1. The van der Waals surface area contributed by atoms with Crippen molar-refractivity contribution in [1.29, 1.82) is 0 Å². The molecular weight excluding hydrogens is 312 g/mol. The van der Waals surface area contributed by atoms with Gasteiger partial charge >= 0.3 is 0 Å². The first-order chi connectivity index (χ1) is 9.10. The second-order valence-electron chi connectivity index (χ2n) is 4.30. The third-order valence-electron chi connectivity index (χ3n) is 2.43. The van der Waals surface area contributed by atoms with Crippen LogP contribution in [0.25, 0.3) is 0 Å². The summed E-state index contributed by atoms with van der Waals surface area (Å²) in [4.78, 5) is 14.8. The van der Waals surface area contributed by atoms with Crippen LogP contribution in [0.5, 0.6) is 5.75 Å². The van der Waals surface area contributed by atoms with Crippen molar-refractivity contribution in [2.45, 2.75) is 26.4 Å². The summed E-state index contributed by atoms with van der Waals surface area (Å²) in [6.07, 6.45) is 0.780. The third-order valence-corrected chi connectivity index (χ3v) is 3.05. The lowest BCUT2D eigenvalue weighted by molar-refractivity contribution is 0.112. The molecule has 6 heteroatoms. The average Bonchev–Trinajstić information content (AvgIpc) is 2.86. The summed E-state index contributed by atoms with van der Waals surface area (Å²) in [6.45, 7) is 4.18. The van der Waals surface area contributed by atoms with Gasteiger partial charge in [-0.15, -0.1) is 0 Å². The molecule has 2 rings (SSSR count). The lowest BCUT2D eigenvalue weighted by atomic mass is 10.2. The van der Waals surface area contributed by atoms with Gasteiger partial charge in [0.2, 0.25) is 11.7 Å². The SMILES string of the molecule is CC(C)c1nc(COc2ccc(C=O)cc2Br)no1. The van der Waals surface area contributed by atoms with Gasteiger partial charge in [-0.2, -0.15) is 4.98 Å². The monoisotopic (exact) mass is 324 g/mol. The van der Waals surface area contributed by atoms with Crippen LogP contribution < -0.4 is 4.74 Å². The van der Waals surface area contributed by atoms with Crippen LogP contribution in [-0.2, 0) is 6.61 Å². The highest BCUT2D eigenvalue weighted by Gasteiger charge is 2.11.